The largest absolute Gasteiger partial charge is 0.384 e. The molecule has 78 valence electrons. The van der Waals surface area contributed by atoms with Gasteiger partial charge in [-0.1, -0.05) is 18.5 Å². The third-order valence-corrected chi connectivity index (χ3v) is 2.31. The number of rotatable bonds is 4. The molecule has 4 heteroatoms. The molecule has 3 nitrogen and oxygen atoms in total. The van der Waals surface area contributed by atoms with E-state index in [-0.39, 0.29) is 0 Å². The Morgan fingerprint density at radius 2 is 2.21 bits per heavy atom. The summed E-state index contributed by atoms with van der Waals surface area (Å²) in [5.74, 6) is 0.522. The Kier molecular flexibility index (Phi) is 4.17. The Hall–Kier alpha value is -0.800. The summed E-state index contributed by atoms with van der Waals surface area (Å²) in [4.78, 5) is 6.37. The first kappa shape index (κ1) is 11.3. The minimum Gasteiger partial charge on any atom is -0.384 e. The highest BCUT2D eigenvalue weighted by Crippen LogP contribution is 2.16. The molecule has 0 amide bonds. The van der Waals surface area contributed by atoms with Crippen LogP contribution in [-0.2, 0) is 6.54 Å². The Morgan fingerprint density at radius 1 is 1.50 bits per heavy atom. The van der Waals surface area contributed by atoms with Crippen molar-refractivity contribution in [3.8, 4) is 0 Å². The number of pyridine rings is 1. The highest BCUT2D eigenvalue weighted by molar-refractivity contribution is 6.31. The molecular weight excluding hydrogens is 198 g/mol. The van der Waals surface area contributed by atoms with E-state index in [9.17, 15) is 0 Å². The molecular formula is C10H16ClN3. The summed E-state index contributed by atoms with van der Waals surface area (Å²) in [6.07, 6.45) is 1.12. The number of hydrogen-bond acceptors (Lipinski definition) is 3. The van der Waals surface area contributed by atoms with Crippen molar-refractivity contribution in [2.75, 3.05) is 19.3 Å². The monoisotopic (exact) mass is 213 g/mol. The molecule has 1 aromatic heterocycles. The van der Waals surface area contributed by atoms with Crippen LogP contribution in [-0.4, -0.2) is 23.5 Å². The molecule has 0 atom stereocenters. The average Bonchev–Trinajstić information content (AvgIpc) is 2.12. The van der Waals surface area contributed by atoms with E-state index in [1.54, 1.807) is 12.1 Å². The van der Waals surface area contributed by atoms with Crippen molar-refractivity contribution in [3.05, 3.63) is 22.8 Å². The molecule has 0 radical (unpaired) electrons. The van der Waals surface area contributed by atoms with Crippen molar-refractivity contribution in [3.63, 3.8) is 0 Å². The predicted molar refractivity (Wildman–Crippen MR) is 60.3 cm³/mol. The fraction of sp³-hybridized carbons (Fsp3) is 0.500. The zero-order valence-electron chi connectivity index (χ0n) is 8.63. The molecule has 2 N–H and O–H groups in total. The highest BCUT2D eigenvalue weighted by atomic mass is 35.5. The molecule has 0 aliphatic heterocycles. The van der Waals surface area contributed by atoms with Crippen LogP contribution in [0.15, 0.2) is 12.1 Å². The van der Waals surface area contributed by atoms with Crippen LogP contribution in [0.4, 0.5) is 5.82 Å². The van der Waals surface area contributed by atoms with Crippen LogP contribution < -0.4 is 5.73 Å². The molecule has 1 aromatic rings. The molecule has 0 aromatic carbocycles. The second-order valence-electron chi connectivity index (χ2n) is 3.40. The van der Waals surface area contributed by atoms with Crippen LogP contribution in [0.5, 0.6) is 0 Å². The van der Waals surface area contributed by atoms with E-state index in [0.717, 1.165) is 25.2 Å². The van der Waals surface area contributed by atoms with E-state index in [2.05, 4.69) is 16.8 Å². The molecule has 0 saturated heterocycles. The smallest absolute Gasteiger partial charge is 0.123 e. The lowest BCUT2D eigenvalue weighted by Crippen LogP contribution is -2.19. The lowest BCUT2D eigenvalue weighted by Gasteiger charge is -2.15. The highest BCUT2D eigenvalue weighted by Gasteiger charge is 2.05. The van der Waals surface area contributed by atoms with E-state index in [1.165, 1.54) is 0 Å². The van der Waals surface area contributed by atoms with Crippen LogP contribution in [0.2, 0.25) is 5.02 Å². The second kappa shape index (κ2) is 5.17. The molecule has 1 heterocycles. The molecule has 0 unspecified atom stereocenters. The van der Waals surface area contributed by atoms with Crippen LogP contribution in [0.1, 0.15) is 19.0 Å². The van der Waals surface area contributed by atoms with Crippen LogP contribution in [0.25, 0.3) is 0 Å². The van der Waals surface area contributed by atoms with Crippen molar-refractivity contribution >= 4 is 17.4 Å². The third-order valence-electron chi connectivity index (χ3n) is 1.97. The zero-order valence-corrected chi connectivity index (χ0v) is 9.38. The van der Waals surface area contributed by atoms with Gasteiger partial charge in [-0.15, -0.1) is 0 Å². The number of anilines is 1. The first-order chi connectivity index (χ1) is 6.63. The fourth-order valence-corrected chi connectivity index (χ4v) is 1.49. The van der Waals surface area contributed by atoms with Crippen molar-refractivity contribution < 1.29 is 0 Å². The van der Waals surface area contributed by atoms with Crippen molar-refractivity contribution in [2.24, 2.45) is 0 Å². The Labute approximate surface area is 89.9 Å². The first-order valence-corrected chi connectivity index (χ1v) is 5.10. The minimum absolute atomic E-state index is 0.522. The number of nitrogens with zero attached hydrogens (tertiary/aromatic N) is 2. The number of nitrogens with two attached hydrogens (primary N) is 1. The van der Waals surface area contributed by atoms with E-state index in [1.807, 2.05) is 7.05 Å². The van der Waals surface area contributed by atoms with E-state index >= 15 is 0 Å². The number of hydrogen-bond donors (Lipinski definition) is 1. The van der Waals surface area contributed by atoms with Crippen LogP contribution in [0, 0.1) is 0 Å². The topological polar surface area (TPSA) is 42.2 Å². The summed E-state index contributed by atoms with van der Waals surface area (Å²) in [6.45, 7) is 3.93. The van der Waals surface area contributed by atoms with Gasteiger partial charge >= 0.3 is 0 Å². The van der Waals surface area contributed by atoms with Gasteiger partial charge in [-0.05, 0) is 32.1 Å². The zero-order chi connectivity index (χ0) is 10.6. The summed E-state index contributed by atoms with van der Waals surface area (Å²) in [6, 6.07) is 3.50. The molecule has 0 fully saturated rings. The van der Waals surface area contributed by atoms with Gasteiger partial charge < -0.3 is 10.6 Å². The van der Waals surface area contributed by atoms with Gasteiger partial charge in [0.15, 0.2) is 0 Å². The summed E-state index contributed by atoms with van der Waals surface area (Å²) in [5.41, 5.74) is 6.44. The number of halogens is 1. The summed E-state index contributed by atoms with van der Waals surface area (Å²) in [7, 11) is 2.05. The maximum Gasteiger partial charge on any atom is 0.123 e. The van der Waals surface area contributed by atoms with Gasteiger partial charge in [0.1, 0.15) is 5.82 Å². The Bertz CT molecular complexity index is 301. The molecule has 1 rings (SSSR count). The molecule has 0 aliphatic rings. The SMILES string of the molecule is CCCN(C)Cc1nc(N)ccc1Cl. The second-order valence-corrected chi connectivity index (χ2v) is 3.81. The van der Waals surface area contributed by atoms with Gasteiger partial charge in [-0.2, -0.15) is 0 Å². The van der Waals surface area contributed by atoms with E-state index in [0.29, 0.717) is 10.8 Å². The summed E-state index contributed by atoms with van der Waals surface area (Å²) in [5, 5.41) is 0.683. The van der Waals surface area contributed by atoms with Crippen molar-refractivity contribution in [1.82, 2.24) is 9.88 Å². The van der Waals surface area contributed by atoms with Gasteiger partial charge in [-0.3, -0.25) is 0 Å². The Morgan fingerprint density at radius 3 is 2.86 bits per heavy atom. The lowest BCUT2D eigenvalue weighted by molar-refractivity contribution is 0.324. The number of aromatic nitrogens is 1. The average molecular weight is 214 g/mol. The quantitative estimate of drug-likeness (QED) is 0.834. The van der Waals surface area contributed by atoms with Gasteiger partial charge in [0, 0.05) is 6.54 Å². The van der Waals surface area contributed by atoms with Gasteiger partial charge in [-0.25, -0.2) is 4.98 Å². The first-order valence-electron chi connectivity index (χ1n) is 4.73. The van der Waals surface area contributed by atoms with Gasteiger partial charge in [0.05, 0.1) is 10.7 Å². The standard InChI is InChI=1S/C10H16ClN3/c1-3-6-14(2)7-9-8(11)4-5-10(12)13-9/h4-5H,3,6-7H2,1-2H3,(H2,12,13). The maximum absolute atomic E-state index is 6.00. The molecule has 0 saturated carbocycles. The van der Waals surface area contributed by atoms with Crippen molar-refractivity contribution in [2.45, 2.75) is 19.9 Å². The van der Waals surface area contributed by atoms with Crippen LogP contribution >= 0.6 is 11.6 Å². The molecule has 0 aliphatic carbocycles. The summed E-state index contributed by atoms with van der Waals surface area (Å²) >= 11 is 6.00. The maximum atomic E-state index is 6.00. The van der Waals surface area contributed by atoms with Gasteiger partial charge in [0.25, 0.3) is 0 Å². The minimum atomic E-state index is 0.522. The van der Waals surface area contributed by atoms with E-state index in [4.69, 9.17) is 17.3 Å². The summed E-state index contributed by atoms with van der Waals surface area (Å²) < 4.78 is 0. The Balaban J connectivity index is 2.70. The number of nitrogen functional groups attached to an aromatic ring is 1. The van der Waals surface area contributed by atoms with Crippen molar-refractivity contribution in [1.29, 1.82) is 0 Å². The van der Waals surface area contributed by atoms with E-state index < -0.39 is 0 Å². The third kappa shape index (κ3) is 3.16. The molecule has 14 heavy (non-hydrogen) atoms. The predicted octanol–water partition coefficient (Wildman–Crippen LogP) is 2.16. The molecule has 0 bridgehead atoms. The molecule has 0 spiro atoms. The fourth-order valence-electron chi connectivity index (χ4n) is 1.33. The normalized spacial score (nSPS) is 10.9. The lowest BCUT2D eigenvalue weighted by atomic mass is 10.3. The van der Waals surface area contributed by atoms with Crippen LogP contribution in [0.3, 0.4) is 0 Å². The van der Waals surface area contributed by atoms with Gasteiger partial charge in [0.2, 0.25) is 0 Å².